The van der Waals surface area contributed by atoms with Crippen LogP contribution in [0.2, 0.25) is 0 Å². The van der Waals surface area contributed by atoms with Crippen LogP contribution in [0.3, 0.4) is 0 Å². The molecule has 0 bridgehead atoms. The lowest BCUT2D eigenvalue weighted by molar-refractivity contribution is -0.122. The fourth-order valence-corrected chi connectivity index (χ4v) is 2.33. The van der Waals surface area contributed by atoms with Crippen LogP contribution in [0.4, 0.5) is 0 Å². The van der Waals surface area contributed by atoms with Gasteiger partial charge in [0.05, 0.1) is 6.04 Å². The Balaban J connectivity index is 0.00000400. The number of halogens is 1. The summed E-state index contributed by atoms with van der Waals surface area (Å²) in [5, 5.41) is 6.27. The molecule has 2 N–H and O–H groups in total. The predicted octanol–water partition coefficient (Wildman–Crippen LogP) is 3.62. The molecule has 1 aromatic rings. The zero-order valence-electron chi connectivity index (χ0n) is 13.8. The van der Waals surface area contributed by atoms with Gasteiger partial charge in [0.25, 0.3) is 0 Å². The van der Waals surface area contributed by atoms with E-state index in [-0.39, 0.29) is 29.8 Å². The number of benzene rings is 1. The minimum absolute atomic E-state index is 0. The Morgan fingerprint density at radius 2 is 1.86 bits per heavy atom. The Bertz CT molecular complexity index is 441. The van der Waals surface area contributed by atoms with Gasteiger partial charge in [-0.15, -0.1) is 12.4 Å². The maximum Gasteiger partial charge on any atom is 0.220 e. The lowest BCUT2D eigenvalue weighted by Crippen LogP contribution is -2.37. The number of amides is 1. The van der Waals surface area contributed by atoms with Gasteiger partial charge in [-0.3, -0.25) is 4.79 Å². The highest BCUT2D eigenvalue weighted by molar-refractivity contribution is 5.85. The number of carbonyl (C=O) groups is 1. The first-order chi connectivity index (χ1) is 9.36. The summed E-state index contributed by atoms with van der Waals surface area (Å²) in [5.74, 6) is 0.128. The average Bonchev–Trinajstić information content (AvgIpc) is 2.36. The van der Waals surface area contributed by atoms with Crippen molar-refractivity contribution in [2.24, 2.45) is 5.41 Å². The van der Waals surface area contributed by atoms with Crippen molar-refractivity contribution in [3.8, 4) is 0 Å². The minimum atomic E-state index is -0.00915. The highest BCUT2D eigenvalue weighted by Crippen LogP contribution is 2.34. The summed E-state index contributed by atoms with van der Waals surface area (Å²) in [4.78, 5) is 12.1. The maximum atomic E-state index is 12.1. The lowest BCUT2D eigenvalue weighted by Gasteiger charge is -2.33. The first-order valence-corrected chi connectivity index (χ1v) is 7.35. The molecule has 1 unspecified atom stereocenters. The van der Waals surface area contributed by atoms with E-state index in [9.17, 15) is 4.79 Å². The highest BCUT2D eigenvalue weighted by atomic mass is 35.5. The average molecular weight is 313 g/mol. The Hall–Kier alpha value is -1.06. The predicted molar refractivity (Wildman–Crippen MR) is 91.9 cm³/mol. The van der Waals surface area contributed by atoms with E-state index in [1.807, 2.05) is 19.2 Å². The van der Waals surface area contributed by atoms with E-state index >= 15 is 0 Å². The van der Waals surface area contributed by atoms with E-state index in [1.54, 1.807) is 0 Å². The van der Waals surface area contributed by atoms with Crippen molar-refractivity contribution in [1.82, 2.24) is 10.6 Å². The van der Waals surface area contributed by atoms with Gasteiger partial charge in [-0.2, -0.15) is 0 Å². The van der Waals surface area contributed by atoms with Gasteiger partial charge in [-0.25, -0.2) is 0 Å². The van der Waals surface area contributed by atoms with Crippen LogP contribution in [0.1, 0.15) is 50.8 Å². The van der Waals surface area contributed by atoms with Crippen molar-refractivity contribution >= 4 is 18.3 Å². The summed E-state index contributed by atoms with van der Waals surface area (Å²) in [7, 11) is 1.91. The van der Waals surface area contributed by atoms with E-state index in [1.165, 1.54) is 11.1 Å². The van der Waals surface area contributed by atoms with Gasteiger partial charge in [-0.1, -0.05) is 45.0 Å². The van der Waals surface area contributed by atoms with Gasteiger partial charge >= 0.3 is 0 Å². The zero-order chi connectivity index (χ0) is 15.2. The molecule has 0 fully saturated rings. The monoisotopic (exact) mass is 312 g/mol. The fraction of sp³-hybridized carbons (Fsp3) is 0.588. The number of nitrogens with one attached hydrogen (secondary N) is 2. The summed E-state index contributed by atoms with van der Waals surface area (Å²) in [5.41, 5.74) is 2.43. The first-order valence-electron chi connectivity index (χ1n) is 7.35. The molecule has 0 saturated carbocycles. The molecule has 0 radical (unpaired) electrons. The van der Waals surface area contributed by atoms with Crippen molar-refractivity contribution in [3.63, 3.8) is 0 Å². The molecule has 1 amide bonds. The molecule has 0 aliphatic carbocycles. The molecule has 0 aliphatic rings. The largest absolute Gasteiger partial charge is 0.349 e. The van der Waals surface area contributed by atoms with E-state index in [0.717, 1.165) is 13.0 Å². The summed E-state index contributed by atoms with van der Waals surface area (Å²) in [6.07, 6.45) is 1.44. The van der Waals surface area contributed by atoms with Gasteiger partial charge in [-0.05, 0) is 43.5 Å². The summed E-state index contributed by atoms with van der Waals surface area (Å²) >= 11 is 0. The topological polar surface area (TPSA) is 41.1 Å². The van der Waals surface area contributed by atoms with Crippen LogP contribution >= 0.6 is 12.4 Å². The van der Waals surface area contributed by atoms with E-state index in [4.69, 9.17) is 0 Å². The van der Waals surface area contributed by atoms with Crippen LogP contribution in [-0.4, -0.2) is 19.5 Å². The van der Waals surface area contributed by atoms with Crippen LogP contribution in [0.15, 0.2) is 24.3 Å². The SMILES string of the molecule is CNCCCC(=O)NC(c1ccccc1C)C(C)(C)C.Cl. The third-order valence-electron chi connectivity index (χ3n) is 3.50. The second kappa shape index (κ2) is 9.06. The third kappa shape index (κ3) is 6.49. The van der Waals surface area contributed by atoms with Crippen LogP contribution in [0.5, 0.6) is 0 Å². The molecule has 1 aromatic carbocycles. The zero-order valence-corrected chi connectivity index (χ0v) is 14.6. The Morgan fingerprint density at radius 3 is 2.38 bits per heavy atom. The standard InChI is InChI=1S/C17H28N2O.ClH/c1-13-9-6-7-10-14(13)16(17(2,3)4)19-15(20)11-8-12-18-5;/h6-7,9-10,16,18H,8,11-12H2,1-5H3,(H,19,20);1H. The van der Waals surface area contributed by atoms with Crippen LogP contribution in [0.25, 0.3) is 0 Å². The molecule has 0 spiro atoms. The van der Waals surface area contributed by atoms with E-state index in [2.05, 4.69) is 50.5 Å². The molecule has 21 heavy (non-hydrogen) atoms. The minimum Gasteiger partial charge on any atom is -0.349 e. The number of aryl methyl sites for hydroxylation is 1. The molecule has 120 valence electrons. The van der Waals surface area contributed by atoms with Crippen LogP contribution in [-0.2, 0) is 4.79 Å². The van der Waals surface area contributed by atoms with E-state index < -0.39 is 0 Å². The molecule has 0 aliphatic heterocycles. The fourth-order valence-electron chi connectivity index (χ4n) is 2.33. The van der Waals surface area contributed by atoms with Crippen LogP contribution < -0.4 is 10.6 Å². The number of hydrogen-bond donors (Lipinski definition) is 2. The normalized spacial score (nSPS) is 12.4. The lowest BCUT2D eigenvalue weighted by atomic mass is 9.80. The molecule has 3 nitrogen and oxygen atoms in total. The van der Waals surface area contributed by atoms with Crippen molar-refractivity contribution in [3.05, 3.63) is 35.4 Å². The molecule has 1 atom stereocenters. The highest BCUT2D eigenvalue weighted by Gasteiger charge is 2.28. The number of hydrogen-bond acceptors (Lipinski definition) is 2. The molecule has 0 aromatic heterocycles. The Labute approximate surface area is 135 Å². The maximum absolute atomic E-state index is 12.1. The van der Waals surface area contributed by atoms with Gasteiger partial charge in [0.15, 0.2) is 0 Å². The summed E-state index contributed by atoms with van der Waals surface area (Å²) in [6, 6.07) is 8.33. The van der Waals surface area contributed by atoms with E-state index in [0.29, 0.717) is 6.42 Å². The molecule has 0 heterocycles. The van der Waals surface area contributed by atoms with Crippen LogP contribution in [0, 0.1) is 12.3 Å². The molecule has 1 rings (SSSR count). The van der Waals surface area contributed by atoms with Gasteiger partial charge < -0.3 is 10.6 Å². The Kier molecular flexibility index (Phi) is 8.60. The van der Waals surface area contributed by atoms with Gasteiger partial charge in [0.1, 0.15) is 0 Å². The molecular weight excluding hydrogens is 284 g/mol. The molecular formula is C17H29ClN2O. The quantitative estimate of drug-likeness (QED) is 0.788. The number of carbonyl (C=O) groups excluding carboxylic acids is 1. The summed E-state index contributed by atoms with van der Waals surface area (Å²) < 4.78 is 0. The summed E-state index contributed by atoms with van der Waals surface area (Å²) in [6.45, 7) is 9.47. The van der Waals surface area contributed by atoms with Crippen molar-refractivity contribution in [2.45, 2.75) is 46.6 Å². The second-order valence-corrected chi connectivity index (χ2v) is 6.43. The van der Waals surface area contributed by atoms with Crippen molar-refractivity contribution < 1.29 is 4.79 Å². The van der Waals surface area contributed by atoms with Gasteiger partial charge in [0, 0.05) is 6.42 Å². The first kappa shape index (κ1) is 19.9. The molecule has 0 saturated heterocycles. The van der Waals surface area contributed by atoms with Crippen molar-refractivity contribution in [1.29, 1.82) is 0 Å². The Morgan fingerprint density at radius 1 is 1.24 bits per heavy atom. The second-order valence-electron chi connectivity index (χ2n) is 6.43. The smallest absolute Gasteiger partial charge is 0.220 e. The molecule has 4 heteroatoms. The van der Waals surface area contributed by atoms with Gasteiger partial charge in [0.2, 0.25) is 5.91 Å². The number of rotatable bonds is 6. The van der Waals surface area contributed by atoms with Crippen molar-refractivity contribution in [2.75, 3.05) is 13.6 Å². The third-order valence-corrected chi connectivity index (χ3v) is 3.50.